The van der Waals surface area contributed by atoms with Gasteiger partial charge >= 0.3 is 5.69 Å². The molecule has 0 spiro atoms. The fourth-order valence-corrected chi connectivity index (χ4v) is 5.97. The van der Waals surface area contributed by atoms with Crippen molar-refractivity contribution in [3.63, 3.8) is 0 Å². The van der Waals surface area contributed by atoms with E-state index in [-0.39, 0.29) is 55.0 Å². The molecule has 0 unspecified atom stereocenters. The van der Waals surface area contributed by atoms with Gasteiger partial charge in [0.15, 0.2) is 17.4 Å². The molecule has 0 aliphatic carbocycles. The first-order valence-electron chi connectivity index (χ1n) is 13.8. The summed E-state index contributed by atoms with van der Waals surface area (Å²) >= 11 is 0. The number of aromatic hydroxyl groups is 1. The maximum Gasteiger partial charge on any atom is 0.354 e. The van der Waals surface area contributed by atoms with Gasteiger partial charge in [-0.1, -0.05) is 26.5 Å². The largest absolute Gasteiger partial charge is 0.507 e. The number of nitrogens with zero attached hydrogens (tertiary/aromatic N) is 5. The molecule has 4 heterocycles. The van der Waals surface area contributed by atoms with E-state index >= 15 is 13.2 Å². The van der Waals surface area contributed by atoms with Crippen LogP contribution in [0.4, 0.5) is 19.0 Å². The first-order chi connectivity index (χ1) is 20.5. The number of anilines is 1. The van der Waals surface area contributed by atoms with E-state index in [0.29, 0.717) is 11.3 Å². The van der Waals surface area contributed by atoms with Gasteiger partial charge in [-0.25, -0.2) is 18.0 Å². The third kappa shape index (κ3) is 4.31. The van der Waals surface area contributed by atoms with Crippen molar-refractivity contribution in [2.75, 3.05) is 31.1 Å². The van der Waals surface area contributed by atoms with Gasteiger partial charge in [-0.3, -0.25) is 14.3 Å². The molecule has 1 atom stereocenters. The molecule has 222 valence electrons. The first kappa shape index (κ1) is 28.3. The molecule has 1 saturated heterocycles. The number of rotatable bonds is 4. The SMILES string of the molecule is C=CC(=O)N1CCN2c3nc(=O)n(-c4c(C)ccnc4C(C)C)c4c(F)c(-c5c(O)cccc5F)c(F)c(c34)OC[C@H]2C1. The van der Waals surface area contributed by atoms with Crippen molar-refractivity contribution < 1.29 is 27.8 Å². The molecular weight excluding hydrogens is 563 g/mol. The van der Waals surface area contributed by atoms with Crippen molar-refractivity contribution in [2.24, 2.45) is 0 Å². The average molecular weight is 592 g/mol. The number of halogens is 3. The Bertz CT molecular complexity index is 1870. The van der Waals surface area contributed by atoms with Gasteiger partial charge in [-0.15, -0.1) is 0 Å². The van der Waals surface area contributed by atoms with E-state index < -0.39 is 57.3 Å². The number of fused-ring (bicyclic) bond motifs is 2. The van der Waals surface area contributed by atoms with E-state index in [2.05, 4.69) is 16.5 Å². The van der Waals surface area contributed by atoms with Crippen LogP contribution in [0.3, 0.4) is 0 Å². The third-order valence-corrected chi connectivity index (χ3v) is 7.98. The second kappa shape index (κ2) is 10.4. The molecule has 0 bridgehead atoms. The summed E-state index contributed by atoms with van der Waals surface area (Å²) in [5.74, 6) is -5.29. The molecule has 1 N–H and O–H groups in total. The molecule has 1 amide bonds. The van der Waals surface area contributed by atoms with Gasteiger partial charge in [-0.05, 0) is 42.7 Å². The number of carbonyl (C=O) groups is 1. The average Bonchev–Trinajstić information content (AvgIpc) is 3.13. The van der Waals surface area contributed by atoms with Gasteiger partial charge in [-0.2, -0.15) is 4.98 Å². The Morgan fingerprint density at radius 1 is 1.16 bits per heavy atom. The van der Waals surface area contributed by atoms with Gasteiger partial charge in [0, 0.05) is 25.8 Å². The number of piperazine rings is 1. The normalized spacial score (nSPS) is 16.2. The Morgan fingerprint density at radius 3 is 2.63 bits per heavy atom. The van der Waals surface area contributed by atoms with Crippen LogP contribution < -0.4 is 15.3 Å². The number of aromatic nitrogens is 3. The summed E-state index contributed by atoms with van der Waals surface area (Å²) in [6.07, 6.45) is 2.75. The van der Waals surface area contributed by atoms with Crippen molar-refractivity contribution in [1.29, 1.82) is 0 Å². The Labute approximate surface area is 244 Å². The monoisotopic (exact) mass is 591 g/mol. The Hall–Kier alpha value is -4.87. The number of carbonyl (C=O) groups excluding carboxylic acids is 1. The topological polar surface area (TPSA) is 101 Å². The number of amides is 1. The summed E-state index contributed by atoms with van der Waals surface area (Å²) < 4.78 is 55.7. The van der Waals surface area contributed by atoms with Gasteiger partial charge in [0.2, 0.25) is 5.91 Å². The number of hydrogen-bond donors (Lipinski definition) is 1. The van der Waals surface area contributed by atoms with Crippen molar-refractivity contribution in [2.45, 2.75) is 32.7 Å². The van der Waals surface area contributed by atoms with Gasteiger partial charge in [0.1, 0.15) is 29.5 Å². The second-order valence-electron chi connectivity index (χ2n) is 10.9. The Morgan fingerprint density at radius 2 is 1.93 bits per heavy atom. The maximum absolute atomic E-state index is 17.0. The van der Waals surface area contributed by atoms with Crippen LogP contribution in [-0.4, -0.2) is 62.7 Å². The molecule has 2 aromatic heterocycles. The van der Waals surface area contributed by atoms with E-state index in [1.807, 2.05) is 13.8 Å². The summed E-state index contributed by atoms with van der Waals surface area (Å²) in [6, 6.07) is 4.36. The fourth-order valence-electron chi connectivity index (χ4n) is 5.97. The third-order valence-electron chi connectivity index (χ3n) is 7.98. The highest BCUT2D eigenvalue weighted by Crippen LogP contribution is 2.47. The van der Waals surface area contributed by atoms with Gasteiger partial charge in [0.05, 0.1) is 33.9 Å². The van der Waals surface area contributed by atoms with Crippen LogP contribution in [0.1, 0.15) is 31.0 Å². The summed E-state index contributed by atoms with van der Waals surface area (Å²) in [7, 11) is 0. The van der Waals surface area contributed by atoms with Crippen molar-refractivity contribution in [3.8, 4) is 28.3 Å². The first-order valence-corrected chi connectivity index (χ1v) is 13.8. The number of hydrogen-bond acceptors (Lipinski definition) is 7. The number of phenols is 1. The van der Waals surface area contributed by atoms with E-state index in [1.165, 1.54) is 12.1 Å². The zero-order valence-corrected chi connectivity index (χ0v) is 23.7. The van der Waals surface area contributed by atoms with Crippen LogP contribution in [0.2, 0.25) is 0 Å². The zero-order valence-electron chi connectivity index (χ0n) is 23.7. The van der Waals surface area contributed by atoms with E-state index in [0.717, 1.165) is 16.7 Å². The molecule has 0 radical (unpaired) electrons. The molecule has 2 aliphatic rings. The summed E-state index contributed by atoms with van der Waals surface area (Å²) in [5.41, 5.74) is -1.58. The van der Waals surface area contributed by atoms with Crippen LogP contribution >= 0.6 is 0 Å². The van der Waals surface area contributed by atoms with Gasteiger partial charge < -0.3 is 19.6 Å². The smallest absolute Gasteiger partial charge is 0.354 e. The zero-order chi connectivity index (χ0) is 30.7. The standard InChI is InChI=1S/C31H28F3N5O4/c1-5-20(41)37-11-12-38-17(13-37)14-43-29-23-28(24(33)22(25(29)34)21-18(32)7-6-8-19(21)40)39(31(42)36-30(23)38)27-16(4)9-10-35-26(27)15(2)3/h5-10,15,17,40H,1,11-14H2,2-4H3/t17-/m1/s1. The molecule has 9 nitrogen and oxygen atoms in total. The maximum atomic E-state index is 17.0. The van der Waals surface area contributed by atoms with E-state index in [1.54, 1.807) is 29.0 Å². The van der Waals surface area contributed by atoms with E-state index in [9.17, 15) is 14.7 Å². The van der Waals surface area contributed by atoms with Crippen molar-refractivity contribution in [3.05, 3.63) is 82.3 Å². The lowest BCUT2D eigenvalue weighted by Gasteiger charge is -2.40. The summed E-state index contributed by atoms with van der Waals surface area (Å²) in [5, 5.41) is 10.4. The van der Waals surface area contributed by atoms with E-state index in [4.69, 9.17) is 4.74 Å². The predicted octanol–water partition coefficient (Wildman–Crippen LogP) is 4.60. The minimum Gasteiger partial charge on any atom is -0.507 e. The molecule has 4 aromatic rings. The summed E-state index contributed by atoms with van der Waals surface area (Å²) in [4.78, 5) is 38.4. The van der Waals surface area contributed by atoms with Crippen LogP contribution in [0.5, 0.6) is 11.5 Å². The minimum atomic E-state index is -1.28. The molecule has 2 aliphatic heterocycles. The van der Waals surface area contributed by atoms with Crippen LogP contribution in [-0.2, 0) is 4.79 Å². The lowest BCUT2D eigenvalue weighted by atomic mass is 9.98. The minimum absolute atomic E-state index is 0.0193. The lowest BCUT2D eigenvalue weighted by Crippen LogP contribution is -2.56. The van der Waals surface area contributed by atoms with Crippen LogP contribution in [0.25, 0.3) is 27.7 Å². The molecule has 2 aromatic carbocycles. The Kier molecular flexibility index (Phi) is 6.86. The second-order valence-corrected chi connectivity index (χ2v) is 10.9. The van der Waals surface area contributed by atoms with Crippen LogP contribution in [0, 0.1) is 24.4 Å². The quantitative estimate of drug-likeness (QED) is 0.347. The highest BCUT2D eigenvalue weighted by Gasteiger charge is 2.39. The fraction of sp³-hybridized carbons (Fsp3) is 0.290. The molecule has 1 fully saturated rings. The predicted molar refractivity (Wildman–Crippen MR) is 154 cm³/mol. The number of pyridine rings is 1. The number of ether oxygens (including phenoxy) is 1. The number of aryl methyl sites for hydroxylation is 1. The molecule has 0 saturated carbocycles. The summed E-state index contributed by atoms with van der Waals surface area (Å²) in [6.45, 7) is 9.40. The molecule has 6 rings (SSSR count). The lowest BCUT2D eigenvalue weighted by molar-refractivity contribution is -0.126. The van der Waals surface area contributed by atoms with Crippen LogP contribution in [0.15, 0.2) is 47.9 Å². The molecular formula is C31H28F3N5O4. The Balaban J connectivity index is 1.76. The van der Waals surface area contributed by atoms with Gasteiger partial charge in [0.25, 0.3) is 0 Å². The number of phenolic OH excluding ortho intramolecular Hbond substituents is 1. The molecule has 12 heteroatoms. The number of benzene rings is 2. The molecule has 43 heavy (non-hydrogen) atoms. The highest BCUT2D eigenvalue weighted by molar-refractivity contribution is 6.01. The highest BCUT2D eigenvalue weighted by atomic mass is 19.1. The van der Waals surface area contributed by atoms with Crippen molar-refractivity contribution >= 4 is 22.6 Å². The van der Waals surface area contributed by atoms with Crippen molar-refractivity contribution in [1.82, 2.24) is 19.4 Å².